The van der Waals surface area contributed by atoms with Gasteiger partial charge in [-0.05, 0) is 18.6 Å². The van der Waals surface area contributed by atoms with Crippen LogP contribution >= 0.6 is 11.3 Å². The number of aliphatic hydroxyl groups excluding tert-OH is 1. The van der Waals surface area contributed by atoms with Crippen LogP contribution in [0, 0.1) is 0 Å². The predicted molar refractivity (Wildman–Crippen MR) is 92.8 cm³/mol. The molecule has 0 saturated carbocycles. The van der Waals surface area contributed by atoms with E-state index in [1.54, 1.807) is 10.7 Å². The van der Waals surface area contributed by atoms with Crippen LogP contribution in [0.3, 0.4) is 0 Å². The van der Waals surface area contributed by atoms with Crippen molar-refractivity contribution in [3.05, 3.63) is 33.8 Å². The zero-order chi connectivity index (χ0) is 18.2. The Hall–Kier alpha value is -1.75. The van der Waals surface area contributed by atoms with Crippen LogP contribution in [0.2, 0.25) is 0 Å². The minimum atomic E-state index is -3.68. The van der Waals surface area contributed by atoms with E-state index in [1.807, 2.05) is 6.92 Å². The van der Waals surface area contributed by atoms with Gasteiger partial charge in [0.1, 0.15) is 0 Å². The number of hydrogen-bond donors (Lipinski definition) is 2. The summed E-state index contributed by atoms with van der Waals surface area (Å²) in [7, 11) is -2.18. The number of amides is 1. The van der Waals surface area contributed by atoms with Gasteiger partial charge in [0.25, 0.3) is 5.91 Å². The van der Waals surface area contributed by atoms with Gasteiger partial charge in [0.2, 0.25) is 10.0 Å². The molecule has 0 unspecified atom stereocenters. The lowest BCUT2D eigenvalue weighted by Crippen LogP contribution is -2.38. The van der Waals surface area contributed by atoms with Crippen LogP contribution in [0.4, 0.5) is 0 Å². The van der Waals surface area contributed by atoms with Crippen LogP contribution in [0.1, 0.15) is 40.5 Å². The maximum Gasteiger partial charge on any atom is 0.261 e. The van der Waals surface area contributed by atoms with Gasteiger partial charge < -0.3 is 10.4 Å². The number of rotatable bonds is 5. The van der Waals surface area contributed by atoms with Gasteiger partial charge in [0, 0.05) is 19.0 Å². The van der Waals surface area contributed by atoms with Crippen LogP contribution in [0.5, 0.6) is 0 Å². The third kappa shape index (κ3) is 3.34. The standard InChI is InChI=1S/C15H20N4O4S2/c1-3-13(20)12-6-10-8-18(4-5-19(10)17-12)25(22,23)11-7-14(24-9-11)15(21)16-2/h6-7,9,13,20H,3-5,8H2,1-2H3,(H,16,21)/t13-/m1/s1. The Balaban J connectivity index is 1.84. The Bertz CT molecular complexity index is 887. The molecule has 3 rings (SSSR count). The minimum Gasteiger partial charge on any atom is -0.387 e. The van der Waals surface area contributed by atoms with Gasteiger partial charge in [0.05, 0.1) is 40.4 Å². The molecule has 1 aliphatic heterocycles. The summed E-state index contributed by atoms with van der Waals surface area (Å²) in [4.78, 5) is 12.1. The first kappa shape index (κ1) is 18.1. The molecule has 0 spiro atoms. The first-order valence-electron chi connectivity index (χ1n) is 7.92. The van der Waals surface area contributed by atoms with E-state index in [2.05, 4.69) is 10.4 Å². The Labute approximate surface area is 150 Å². The Kier molecular flexibility index (Phi) is 4.96. The smallest absolute Gasteiger partial charge is 0.261 e. The molecule has 136 valence electrons. The van der Waals surface area contributed by atoms with E-state index in [0.29, 0.717) is 30.1 Å². The van der Waals surface area contributed by atoms with Crippen LogP contribution < -0.4 is 5.32 Å². The van der Waals surface area contributed by atoms with Gasteiger partial charge in [-0.25, -0.2) is 8.42 Å². The molecular formula is C15H20N4O4S2. The average Bonchev–Trinajstić information content (AvgIpc) is 3.26. The van der Waals surface area contributed by atoms with Gasteiger partial charge in [0.15, 0.2) is 0 Å². The first-order chi connectivity index (χ1) is 11.9. The van der Waals surface area contributed by atoms with Crippen LogP contribution in [0.25, 0.3) is 0 Å². The van der Waals surface area contributed by atoms with Crippen LogP contribution in [0.15, 0.2) is 22.4 Å². The minimum absolute atomic E-state index is 0.123. The molecule has 0 aliphatic carbocycles. The van der Waals surface area contributed by atoms with E-state index in [0.717, 1.165) is 17.0 Å². The molecular weight excluding hydrogens is 364 g/mol. The van der Waals surface area contributed by atoms with Crippen molar-refractivity contribution in [3.63, 3.8) is 0 Å². The van der Waals surface area contributed by atoms with Gasteiger partial charge in [-0.2, -0.15) is 9.40 Å². The van der Waals surface area contributed by atoms with Crippen LogP contribution in [-0.4, -0.2) is 47.1 Å². The number of nitrogens with one attached hydrogen (secondary N) is 1. The van der Waals surface area contributed by atoms with E-state index in [4.69, 9.17) is 0 Å². The normalized spacial score (nSPS) is 16.4. The fourth-order valence-electron chi connectivity index (χ4n) is 2.69. The molecule has 2 N–H and O–H groups in total. The molecule has 0 aromatic carbocycles. The second kappa shape index (κ2) is 6.87. The second-order valence-corrected chi connectivity index (χ2v) is 8.62. The third-order valence-corrected chi connectivity index (χ3v) is 7.07. The van der Waals surface area contributed by atoms with Crippen molar-refractivity contribution in [2.24, 2.45) is 0 Å². The number of aliphatic hydroxyl groups is 1. The molecule has 1 aliphatic rings. The lowest BCUT2D eigenvalue weighted by Gasteiger charge is -2.26. The Morgan fingerprint density at radius 3 is 2.88 bits per heavy atom. The van der Waals surface area contributed by atoms with Crippen molar-refractivity contribution >= 4 is 27.3 Å². The predicted octanol–water partition coefficient (Wildman–Crippen LogP) is 0.952. The maximum absolute atomic E-state index is 12.8. The van der Waals surface area contributed by atoms with E-state index < -0.39 is 16.1 Å². The molecule has 2 aromatic heterocycles. The molecule has 0 saturated heterocycles. The van der Waals surface area contributed by atoms with Crippen molar-refractivity contribution < 1.29 is 18.3 Å². The third-order valence-electron chi connectivity index (χ3n) is 4.17. The summed E-state index contributed by atoms with van der Waals surface area (Å²) in [5.41, 5.74) is 1.31. The quantitative estimate of drug-likeness (QED) is 0.799. The number of carbonyl (C=O) groups excluding carboxylic acids is 1. The number of hydrogen-bond acceptors (Lipinski definition) is 6. The van der Waals surface area contributed by atoms with E-state index in [-0.39, 0.29) is 17.3 Å². The van der Waals surface area contributed by atoms with Crippen molar-refractivity contribution in [2.75, 3.05) is 13.6 Å². The van der Waals surface area contributed by atoms with Gasteiger partial charge in [-0.3, -0.25) is 9.48 Å². The highest BCUT2D eigenvalue weighted by molar-refractivity contribution is 7.89. The topological polar surface area (TPSA) is 105 Å². The summed E-state index contributed by atoms with van der Waals surface area (Å²) in [5, 5.41) is 18.2. The van der Waals surface area contributed by atoms with E-state index in [9.17, 15) is 18.3 Å². The summed E-state index contributed by atoms with van der Waals surface area (Å²) in [6.07, 6.45) is -0.0922. The first-order valence-corrected chi connectivity index (χ1v) is 10.2. The lowest BCUT2D eigenvalue weighted by molar-refractivity contribution is 0.0967. The van der Waals surface area contributed by atoms with Crippen molar-refractivity contribution in [2.45, 2.75) is 37.4 Å². The number of nitrogens with zero attached hydrogens (tertiary/aromatic N) is 3. The fourth-order valence-corrected chi connectivity index (χ4v) is 5.30. The zero-order valence-electron chi connectivity index (χ0n) is 14.0. The van der Waals surface area contributed by atoms with Gasteiger partial charge in [-0.1, -0.05) is 6.92 Å². The number of carbonyl (C=O) groups is 1. The van der Waals surface area contributed by atoms with Crippen LogP contribution in [-0.2, 0) is 23.1 Å². The molecule has 0 bridgehead atoms. The van der Waals surface area contributed by atoms with Gasteiger partial charge >= 0.3 is 0 Å². The summed E-state index contributed by atoms with van der Waals surface area (Å²) in [5.74, 6) is -0.304. The molecule has 3 heterocycles. The van der Waals surface area contributed by atoms with Crippen molar-refractivity contribution in [3.8, 4) is 0 Å². The molecule has 0 fully saturated rings. The van der Waals surface area contributed by atoms with Crippen molar-refractivity contribution in [1.82, 2.24) is 19.4 Å². The fraction of sp³-hybridized carbons (Fsp3) is 0.467. The maximum atomic E-state index is 12.8. The van der Waals surface area contributed by atoms with Gasteiger partial charge in [-0.15, -0.1) is 11.3 Å². The molecule has 1 atom stereocenters. The largest absolute Gasteiger partial charge is 0.387 e. The number of thiophene rings is 1. The molecule has 8 nitrogen and oxygen atoms in total. The number of fused-ring (bicyclic) bond motifs is 1. The zero-order valence-corrected chi connectivity index (χ0v) is 15.6. The highest BCUT2D eigenvalue weighted by Gasteiger charge is 2.31. The summed E-state index contributed by atoms with van der Waals surface area (Å²) in [6, 6.07) is 3.15. The average molecular weight is 384 g/mol. The number of aromatic nitrogens is 2. The highest BCUT2D eigenvalue weighted by atomic mass is 32.2. The lowest BCUT2D eigenvalue weighted by atomic mass is 10.2. The molecule has 0 radical (unpaired) electrons. The van der Waals surface area contributed by atoms with E-state index >= 15 is 0 Å². The highest BCUT2D eigenvalue weighted by Crippen LogP contribution is 2.27. The monoisotopic (exact) mass is 384 g/mol. The summed E-state index contributed by atoms with van der Waals surface area (Å²) >= 11 is 1.10. The van der Waals surface area contributed by atoms with E-state index in [1.165, 1.54) is 22.8 Å². The second-order valence-electron chi connectivity index (χ2n) is 5.77. The SMILES string of the molecule is CC[C@@H](O)c1cc2n(n1)CCN(S(=O)(=O)c1csc(C(=O)NC)c1)C2. The molecule has 25 heavy (non-hydrogen) atoms. The molecule has 1 amide bonds. The Morgan fingerprint density at radius 2 is 2.20 bits per heavy atom. The Morgan fingerprint density at radius 1 is 1.44 bits per heavy atom. The molecule has 10 heteroatoms. The summed E-state index contributed by atoms with van der Waals surface area (Å²) in [6.45, 7) is 2.78. The van der Waals surface area contributed by atoms with Crippen molar-refractivity contribution in [1.29, 1.82) is 0 Å². The number of sulfonamides is 1. The molecule has 2 aromatic rings. The summed E-state index contributed by atoms with van der Waals surface area (Å²) < 4.78 is 28.8.